The molecule has 4 N–H and O–H groups in total. The molecule has 0 heterocycles. The number of hydrogen-bond donors (Lipinski definition) is 3. The molecule has 0 aliphatic heterocycles. The summed E-state index contributed by atoms with van der Waals surface area (Å²) in [6.45, 7) is 0. The number of nitrogens with one attached hydrogen (secondary N) is 1. The highest BCUT2D eigenvalue weighted by molar-refractivity contribution is 6.03. The number of nitrogens with two attached hydrogens (primary N) is 1. The van der Waals surface area contributed by atoms with E-state index in [0.717, 1.165) is 59.4 Å². The normalized spacial score (nSPS) is 14.2. The van der Waals surface area contributed by atoms with Crippen LogP contribution in [0.1, 0.15) is 52.6 Å². The van der Waals surface area contributed by atoms with Gasteiger partial charge in [0.15, 0.2) is 0 Å². The number of aliphatic carboxylic acids is 1. The fourth-order valence-electron chi connectivity index (χ4n) is 4.40. The number of hydrogen-bond acceptors (Lipinski definition) is 4. The van der Waals surface area contributed by atoms with Gasteiger partial charge in [0.05, 0.1) is 5.56 Å². The Bertz CT molecular complexity index is 1330. The first-order valence-electron chi connectivity index (χ1n) is 11.2. The van der Waals surface area contributed by atoms with Crippen molar-refractivity contribution in [3.05, 3.63) is 106 Å². The van der Waals surface area contributed by atoms with Crippen LogP contribution in [0.2, 0.25) is 0 Å². The number of carbonyl (C=O) groups is 1. The van der Waals surface area contributed by atoms with Gasteiger partial charge in [0.1, 0.15) is 6.07 Å². The maximum Gasteiger partial charge on any atom is 0.328 e. The number of nitriles is 1. The van der Waals surface area contributed by atoms with E-state index in [2.05, 4.69) is 18.2 Å². The second-order valence-electron chi connectivity index (χ2n) is 8.32. The van der Waals surface area contributed by atoms with Crippen LogP contribution in [0.4, 0.5) is 5.69 Å². The van der Waals surface area contributed by atoms with Crippen LogP contribution < -0.4 is 5.73 Å². The second-order valence-corrected chi connectivity index (χ2v) is 8.32. The lowest BCUT2D eigenvalue weighted by Gasteiger charge is -2.32. The molecule has 5 nitrogen and oxygen atoms in total. The molecule has 5 heteroatoms. The molecule has 0 atom stereocenters. The van der Waals surface area contributed by atoms with Gasteiger partial charge in [-0.3, -0.25) is 0 Å². The Morgan fingerprint density at radius 3 is 2.29 bits per heavy atom. The molecular formula is C29H25N3O2. The number of benzene rings is 3. The van der Waals surface area contributed by atoms with E-state index in [9.17, 15) is 10.1 Å². The van der Waals surface area contributed by atoms with Crippen molar-refractivity contribution < 1.29 is 9.90 Å². The summed E-state index contributed by atoms with van der Waals surface area (Å²) >= 11 is 0. The van der Waals surface area contributed by atoms with Gasteiger partial charge in [-0.05, 0) is 58.7 Å². The zero-order valence-electron chi connectivity index (χ0n) is 18.7. The van der Waals surface area contributed by atoms with Crippen molar-refractivity contribution in [1.82, 2.24) is 0 Å². The number of carboxylic acids is 1. The first kappa shape index (κ1) is 22.8. The summed E-state index contributed by atoms with van der Waals surface area (Å²) in [5.41, 5.74) is 13.0. The molecule has 168 valence electrons. The Kier molecular flexibility index (Phi) is 6.70. The Hall–Kier alpha value is -4.43. The lowest BCUT2D eigenvalue weighted by atomic mass is 9.72. The van der Waals surface area contributed by atoms with Gasteiger partial charge in [-0.25, -0.2) is 4.79 Å². The van der Waals surface area contributed by atoms with Gasteiger partial charge in [-0.15, -0.1) is 0 Å². The van der Waals surface area contributed by atoms with Gasteiger partial charge in [0.25, 0.3) is 0 Å². The molecule has 0 radical (unpaired) electrons. The molecule has 0 bridgehead atoms. The van der Waals surface area contributed by atoms with Crippen LogP contribution in [0.5, 0.6) is 0 Å². The molecule has 34 heavy (non-hydrogen) atoms. The summed E-state index contributed by atoms with van der Waals surface area (Å²) in [4.78, 5) is 10.9. The second kappa shape index (κ2) is 10.0. The average Bonchev–Trinajstić information content (AvgIpc) is 2.82. The van der Waals surface area contributed by atoms with Crippen LogP contribution >= 0.6 is 0 Å². The standard InChI is InChI=1S/C29H25N3O2/c30-17-24-23(14-15-26(32)25(24)18-31)29(22-12-9-19(10-13-22)11-16-27(33)34)28(21-7-4-8-21)20-5-2-1-3-6-20/h1-3,5-6,9-16,18,21,31H,4,7-8,32H2,(H,33,34). The molecule has 3 aromatic carbocycles. The van der Waals surface area contributed by atoms with Gasteiger partial charge in [-0.1, -0.05) is 67.1 Å². The highest BCUT2D eigenvalue weighted by atomic mass is 16.4. The fraction of sp³-hybridized carbons (Fsp3) is 0.138. The number of rotatable bonds is 7. The third kappa shape index (κ3) is 4.53. The first-order chi connectivity index (χ1) is 16.5. The van der Waals surface area contributed by atoms with Crippen LogP contribution in [0, 0.1) is 22.7 Å². The van der Waals surface area contributed by atoms with Crippen molar-refractivity contribution in [3.8, 4) is 6.07 Å². The van der Waals surface area contributed by atoms with Crippen molar-refractivity contribution in [2.45, 2.75) is 19.3 Å². The van der Waals surface area contributed by atoms with Crippen LogP contribution in [0.25, 0.3) is 17.2 Å². The van der Waals surface area contributed by atoms with E-state index in [-0.39, 0.29) is 0 Å². The van der Waals surface area contributed by atoms with E-state index in [4.69, 9.17) is 16.2 Å². The summed E-state index contributed by atoms with van der Waals surface area (Å²) in [6, 6.07) is 23.8. The molecule has 3 aromatic rings. The molecule has 1 saturated carbocycles. The largest absolute Gasteiger partial charge is 0.478 e. The molecule has 1 aliphatic rings. The molecule has 0 amide bonds. The topological polar surface area (TPSA) is 111 Å². The number of allylic oxidation sites excluding steroid dienone is 1. The van der Waals surface area contributed by atoms with Gasteiger partial charge < -0.3 is 16.2 Å². The average molecular weight is 448 g/mol. The van der Waals surface area contributed by atoms with Crippen molar-refractivity contribution in [2.24, 2.45) is 5.92 Å². The monoisotopic (exact) mass is 447 g/mol. The summed E-state index contributed by atoms with van der Waals surface area (Å²) < 4.78 is 0. The number of carboxylic acid groups (broad SMARTS) is 1. The van der Waals surface area contributed by atoms with E-state index in [1.165, 1.54) is 5.57 Å². The van der Waals surface area contributed by atoms with E-state index < -0.39 is 5.97 Å². The Morgan fingerprint density at radius 1 is 1.03 bits per heavy atom. The summed E-state index contributed by atoms with van der Waals surface area (Å²) in [6.07, 6.45) is 7.10. The quantitative estimate of drug-likeness (QED) is 0.179. The third-order valence-electron chi connectivity index (χ3n) is 6.29. The SMILES string of the molecule is N#Cc1c(C(=C(c2ccccc2)C2CCC2)c2ccc(C=CC(=O)O)cc2)ccc(N)c1C=N. The zero-order chi connectivity index (χ0) is 24.1. The highest BCUT2D eigenvalue weighted by Gasteiger charge is 2.28. The van der Waals surface area contributed by atoms with Gasteiger partial charge in [0.2, 0.25) is 0 Å². The molecule has 0 aromatic heterocycles. The third-order valence-corrected chi connectivity index (χ3v) is 6.29. The molecule has 0 spiro atoms. The molecular weight excluding hydrogens is 422 g/mol. The lowest BCUT2D eigenvalue weighted by molar-refractivity contribution is -0.131. The first-order valence-corrected chi connectivity index (χ1v) is 11.2. The lowest BCUT2D eigenvalue weighted by Crippen LogP contribution is -2.15. The summed E-state index contributed by atoms with van der Waals surface area (Å²) in [7, 11) is 0. The fourth-order valence-corrected chi connectivity index (χ4v) is 4.40. The molecule has 1 fully saturated rings. The van der Waals surface area contributed by atoms with E-state index in [0.29, 0.717) is 22.7 Å². The zero-order valence-corrected chi connectivity index (χ0v) is 18.7. The van der Waals surface area contributed by atoms with Crippen LogP contribution in [-0.4, -0.2) is 17.3 Å². The van der Waals surface area contributed by atoms with E-state index >= 15 is 0 Å². The van der Waals surface area contributed by atoms with Crippen LogP contribution in [0.15, 0.2) is 72.8 Å². The molecule has 0 saturated heterocycles. The minimum atomic E-state index is -0.999. The Morgan fingerprint density at radius 2 is 1.74 bits per heavy atom. The predicted octanol–water partition coefficient (Wildman–Crippen LogP) is 6.00. The summed E-state index contributed by atoms with van der Waals surface area (Å²) in [5, 5.41) is 26.9. The van der Waals surface area contributed by atoms with Gasteiger partial charge >= 0.3 is 5.97 Å². The smallest absolute Gasteiger partial charge is 0.328 e. The molecule has 0 unspecified atom stereocenters. The van der Waals surface area contributed by atoms with Gasteiger partial charge in [-0.2, -0.15) is 5.26 Å². The van der Waals surface area contributed by atoms with Crippen molar-refractivity contribution in [2.75, 3.05) is 5.73 Å². The van der Waals surface area contributed by atoms with E-state index in [1.54, 1.807) is 12.1 Å². The minimum Gasteiger partial charge on any atom is -0.478 e. The number of nitrogens with zero attached hydrogens (tertiary/aromatic N) is 1. The van der Waals surface area contributed by atoms with Crippen molar-refractivity contribution in [1.29, 1.82) is 10.7 Å². The van der Waals surface area contributed by atoms with Crippen molar-refractivity contribution >= 4 is 35.1 Å². The molecule has 4 rings (SSSR count). The predicted molar refractivity (Wildman–Crippen MR) is 136 cm³/mol. The maximum absolute atomic E-state index is 10.9. The van der Waals surface area contributed by atoms with Crippen LogP contribution in [0.3, 0.4) is 0 Å². The maximum atomic E-state index is 10.9. The van der Waals surface area contributed by atoms with E-state index in [1.807, 2.05) is 48.5 Å². The highest BCUT2D eigenvalue weighted by Crippen LogP contribution is 2.46. The molecule has 1 aliphatic carbocycles. The van der Waals surface area contributed by atoms with Gasteiger partial charge in [0, 0.05) is 29.1 Å². The summed E-state index contributed by atoms with van der Waals surface area (Å²) in [5.74, 6) is -0.641. The number of anilines is 1. The Labute approximate surface area is 199 Å². The van der Waals surface area contributed by atoms with Crippen LogP contribution in [-0.2, 0) is 4.79 Å². The van der Waals surface area contributed by atoms with Crippen molar-refractivity contribution in [3.63, 3.8) is 0 Å². The Balaban J connectivity index is 2.02. The minimum absolute atomic E-state index is 0.358. The number of nitrogen functional groups attached to an aromatic ring is 1.